The Morgan fingerprint density at radius 2 is 1.37 bits per heavy atom. The molecule has 0 N–H and O–H groups in total. The summed E-state index contributed by atoms with van der Waals surface area (Å²) in [6.45, 7) is -0.736. The highest BCUT2D eigenvalue weighted by Crippen LogP contribution is 2.55. The van der Waals surface area contributed by atoms with E-state index in [1.807, 2.05) is 0 Å². The number of hydrogen-bond acceptors (Lipinski definition) is 4. The minimum absolute atomic E-state index is 0.146. The number of Topliss-reactive ketones (excluding diaryl/α,β-unsaturated/α-hetero) is 1. The van der Waals surface area contributed by atoms with Gasteiger partial charge >= 0.3 is 18.0 Å². The van der Waals surface area contributed by atoms with E-state index in [2.05, 4.69) is 31.9 Å². The number of hydrogen-bond donors (Lipinski definition) is 0. The molecule has 3 rings (SSSR count). The van der Waals surface area contributed by atoms with E-state index in [4.69, 9.17) is 0 Å². The summed E-state index contributed by atoms with van der Waals surface area (Å²) in [5, 5.41) is 0. The van der Waals surface area contributed by atoms with Crippen molar-refractivity contribution in [3.8, 4) is 0 Å². The van der Waals surface area contributed by atoms with Gasteiger partial charge in [0.05, 0.1) is 17.0 Å². The summed E-state index contributed by atoms with van der Waals surface area (Å²) in [7, 11) is -3.82. The number of alkyl halides is 7. The van der Waals surface area contributed by atoms with E-state index in [0.717, 1.165) is 12.3 Å². The Hall–Kier alpha value is -2.85. The minimum Gasteiger partial charge on any atom is -0.305 e. The third kappa shape index (κ3) is 7.45. The van der Waals surface area contributed by atoms with Crippen molar-refractivity contribution in [3.05, 3.63) is 97.7 Å². The predicted octanol–water partition coefficient (Wildman–Crippen LogP) is 7.76. The lowest BCUT2D eigenvalue weighted by molar-refractivity contribution is -0.348. The fourth-order valence-electron chi connectivity index (χ4n) is 4.01. The lowest BCUT2D eigenvalue weighted by Crippen LogP contribution is -2.50. The van der Waals surface area contributed by atoms with Crippen LogP contribution in [0.3, 0.4) is 0 Å². The average Bonchev–Trinajstić information content (AvgIpc) is 2.89. The van der Waals surface area contributed by atoms with Crippen LogP contribution in [0.4, 0.5) is 40.8 Å². The largest absolute Gasteiger partial charge is 0.435 e. The van der Waals surface area contributed by atoms with Crippen LogP contribution in [-0.4, -0.2) is 51.0 Å². The van der Waals surface area contributed by atoms with E-state index in [1.54, 1.807) is 18.2 Å². The Kier molecular flexibility index (Phi) is 10.2. The third-order valence-corrected chi connectivity index (χ3v) is 8.29. The summed E-state index contributed by atoms with van der Waals surface area (Å²) in [5.74, 6) is -3.67. The van der Waals surface area contributed by atoms with E-state index in [0.29, 0.717) is 4.90 Å². The number of carbonyl (C=O) groups excluding carboxylic acids is 2. The fraction of sp³-hybridized carbons (Fsp3) is 0.259. The predicted molar refractivity (Wildman–Crippen MR) is 149 cm³/mol. The van der Waals surface area contributed by atoms with Gasteiger partial charge in [-0.2, -0.15) is 26.3 Å². The topological polar surface area (TPSA) is 71.5 Å². The van der Waals surface area contributed by atoms with Gasteiger partial charge in [0.25, 0.3) is 5.91 Å². The lowest BCUT2D eigenvalue weighted by Gasteiger charge is -2.32. The molecular weight excluding hydrogens is 746 g/mol. The molecule has 232 valence electrons. The second-order valence-electron chi connectivity index (χ2n) is 9.27. The van der Waals surface area contributed by atoms with Crippen LogP contribution < -0.4 is 4.90 Å². The van der Waals surface area contributed by atoms with E-state index < -0.39 is 89.8 Å². The van der Waals surface area contributed by atoms with Crippen LogP contribution >= 0.6 is 31.9 Å². The average molecular weight is 765 g/mol. The first-order chi connectivity index (χ1) is 19.7. The van der Waals surface area contributed by atoms with Crippen molar-refractivity contribution >= 4 is 59.1 Å². The minimum atomic E-state index is -6.43. The zero-order chi connectivity index (χ0) is 32.5. The second kappa shape index (κ2) is 12.6. The third-order valence-electron chi connectivity index (χ3n) is 6.15. The quantitative estimate of drug-likeness (QED) is 0.165. The molecule has 0 aromatic heterocycles. The Bertz CT molecular complexity index is 1610. The van der Waals surface area contributed by atoms with Gasteiger partial charge < -0.3 is 4.90 Å². The molecule has 0 spiro atoms. The number of halogens is 10. The van der Waals surface area contributed by atoms with Crippen molar-refractivity contribution in [2.24, 2.45) is 0 Å². The second-order valence-corrected chi connectivity index (χ2v) is 13.2. The molecule has 0 radical (unpaired) electrons. The van der Waals surface area contributed by atoms with Gasteiger partial charge in [0, 0.05) is 39.3 Å². The number of rotatable bonds is 9. The number of nitrogens with zero attached hydrogens (tertiary/aromatic N) is 1. The van der Waals surface area contributed by atoms with Gasteiger partial charge in [0.1, 0.15) is 15.7 Å². The van der Waals surface area contributed by atoms with E-state index in [-0.39, 0.29) is 23.3 Å². The van der Waals surface area contributed by atoms with Gasteiger partial charge in [-0.3, -0.25) is 9.59 Å². The summed E-state index contributed by atoms with van der Waals surface area (Å²) in [5.41, 5.74) is -8.85. The molecule has 5 nitrogen and oxygen atoms in total. The van der Waals surface area contributed by atoms with Crippen molar-refractivity contribution in [3.63, 3.8) is 0 Å². The summed E-state index contributed by atoms with van der Waals surface area (Å²) in [6, 6.07) is 11.6. The van der Waals surface area contributed by atoms with Crippen molar-refractivity contribution in [1.82, 2.24) is 0 Å². The molecule has 0 bridgehead atoms. The summed E-state index contributed by atoms with van der Waals surface area (Å²) in [6.07, 6.45) is -12.5. The van der Waals surface area contributed by atoms with Crippen molar-refractivity contribution in [2.45, 2.75) is 24.4 Å². The molecule has 0 aliphatic rings. The molecule has 0 saturated carbocycles. The molecule has 16 heteroatoms. The Balaban J connectivity index is 2.13. The van der Waals surface area contributed by atoms with Crippen LogP contribution in [-0.2, 0) is 21.9 Å². The highest BCUT2D eigenvalue weighted by atomic mass is 79.9. The first kappa shape index (κ1) is 34.6. The van der Waals surface area contributed by atoms with Crippen LogP contribution in [0.1, 0.15) is 31.8 Å². The first-order valence-corrected chi connectivity index (χ1v) is 15.5. The van der Waals surface area contributed by atoms with Gasteiger partial charge in [-0.05, 0) is 55.6 Å². The summed E-state index contributed by atoms with van der Waals surface area (Å²) in [4.78, 5) is 26.9. The lowest BCUT2D eigenvalue weighted by atomic mass is 9.94. The highest BCUT2D eigenvalue weighted by Gasteiger charge is 2.73. The summed E-state index contributed by atoms with van der Waals surface area (Å²) >= 11 is 5.53. The van der Waals surface area contributed by atoms with Crippen LogP contribution in [0.25, 0.3) is 0 Å². The van der Waals surface area contributed by atoms with Crippen LogP contribution in [0.2, 0.25) is 0 Å². The molecule has 0 saturated heterocycles. The van der Waals surface area contributed by atoms with Gasteiger partial charge in [0.15, 0.2) is 5.78 Å². The maximum absolute atomic E-state index is 15.6. The van der Waals surface area contributed by atoms with Crippen LogP contribution in [0.15, 0.2) is 69.6 Å². The van der Waals surface area contributed by atoms with Gasteiger partial charge in [0.2, 0.25) is 0 Å². The molecule has 3 aromatic rings. The molecule has 43 heavy (non-hydrogen) atoms. The smallest absolute Gasteiger partial charge is 0.305 e. The molecule has 3 aromatic carbocycles. The van der Waals surface area contributed by atoms with Gasteiger partial charge in [-0.1, -0.05) is 42.5 Å². The first-order valence-electron chi connectivity index (χ1n) is 11.9. The Morgan fingerprint density at radius 3 is 1.86 bits per heavy atom. The molecule has 0 unspecified atom stereocenters. The highest BCUT2D eigenvalue weighted by molar-refractivity contribution is 9.11. The zero-order valence-corrected chi connectivity index (χ0v) is 25.7. The van der Waals surface area contributed by atoms with Gasteiger partial charge in [-0.15, -0.1) is 0 Å². The van der Waals surface area contributed by atoms with E-state index in [9.17, 15) is 48.7 Å². The maximum atomic E-state index is 15.6. The molecular formula is C27H19Br2F8NO4S. The molecule has 0 aliphatic carbocycles. The van der Waals surface area contributed by atoms with Crippen molar-refractivity contribution in [1.29, 1.82) is 0 Å². The molecule has 1 amide bonds. The van der Waals surface area contributed by atoms with Crippen molar-refractivity contribution in [2.75, 3.05) is 23.5 Å². The van der Waals surface area contributed by atoms with Gasteiger partial charge in [-0.25, -0.2) is 17.2 Å². The zero-order valence-electron chi connectivity index (χ0n) is 21.7. The number of amides is 1. The summed E-state index contributed by atoms with van der Waals surface area (Å²) < 4.78 is 133. The molecule has 0 fully saturated rings. The maximum Gasteiger partial charge on any atom is 0.435 e. The standard InChI is InChI=1S/C27H19Br2F8NO4S/c1-43(41,42)11-10-38(23-19(28)13-17(14-20(23)29)25(31,26(32,33)34)27(35,36)37)24(40)18-9-5-8-16(22(18)30)12-21(39)15-6-3-2-4-7-15/h2-9,13-14H,10-12H2,1H3. The molecule has 0 atom stereocenters. The van der Waals surface area contributed by atoms with Crippen LogP contribution in [0.5, 0.6) is 0 Å². The normalized spacial score (nSPS) is 12.7. The number of anilines is 1. The Labute approximate surface area is 257 Å². The fourth-order valence-corrected chi connectivity index (χ4v) is 6.14. The number of sulfone groups is 1. The number of ketones is 1. The molecule has 0 heterocycles. The number of benzene rings is 3. The Morgan fingerprint density at radius 1 is 0.837 bits per heavy atom. The van der Waals surface area contributed by atoms with E-state index >= 15 is 4.39 Å². The van der Waals surface area contributed by atoms with Crippen LogP contribution in [0, 0.1) is 5.82 Å². The monoisotopic (exact) mass is 763 g/mol. The number of carbonyl (C=O) groups is 2. The van der Waals surface area contributed by atoms with Crippen molar-refractivity contribution < 1.29 is 53.1 Å². The molecule has 0 aliphatic heterocycles. The van der Waals surface area contributed by atoms with E-state index in [1.165, 1.54) is 24.3 Å². The SMILES string of the molecule is CS(=O)(=O)CCN(C(=O)c1cccc(CC(=O)c2ccccc2)c1F)c1c(Br)cc(C(F)(C(F)(F)F)C(F)(F)F)cc1Br.